The van der Waals surface area contributed by atoms with Crippen LogP contribution >= 0.6 is 39.1 Å². The predicted molar refractivity (Wildman–Crippen MR) is 58.5 cm³/mol. The van der Waals surface area contributed by atoms with E-state index < -0.39 is 11.7 Å². The second kappa shape index (κ2) is 4.96. The Hall–Kier alpha value is -0.320. The van der Waals surface area contributed by atoms with Crippen molar-refractivity contribution in [2.75, 3.05) is 11.2 Å². The molecule has 76 valence electrons. The molecule has 0 radical (unpaired) electrons. The number of alkyl halides is 1. The molecule has 0 saturated carbocycles. The van der Waals surface area contributed by atoms with E-state index in [4.69, 9.17) is 23.2 Å². The zero-order valence-corrected chi connectivity index (χ0v) is 9.88. The summed E-state index contributed by atoms with van der Waals surface area (Å²) in [5.74, 6) is -1.06. The van der Waals surface area contributed by atoms with Gasteiger partial charge in [0, 0.05) is 4.47 Å². The van der Waals surface area contributed by atoms with Gasteiger partial charge in [-0.15, -0.1) is 11.6 Å². The fourth-order valence-corrected chi connectivity index (χ4v) is 1.80. The minimum atomic E-state index is -0.481. The third-order valence-corrected chi connectivity index (χ3v) is 2.56. The van der Waals surface area contributed by atoms with E-state index in [1.54, 1.807) is 0 Å². The van der Waals surface area contributed by atoms with E-state index >= 15 is 0 Å². The number of hydrogen-bond donors (Lipinski definition) is 1. The summed E-state index contributed by atoms with van der Waals surface area (Å²) < 4.78 is 13.2. The number of nitrogens with one attached hydrogen (secondary N) is 1. The van der Waals surface area contributed by atoms with Crippen LogP contribution in [0, 0.1) is 5.82 Å². The molecular weight excluding hydrogens is 296 g/mol. The monoisotopic (exact) mass is 299 g/mol. The molecule has 0 saturated heterocycles. The van der Waals surface area contributed by atoms with Crippen LogP contribution in [0.25, 0.3) is 0 Å². The molecule has 1 aromatic carbocycles. The van der Waals surface area contributed by atoms with Crippen molar-refractivity contribution in [3.8, 4) is 0 Å². The fraction of sp³-hybridized carbons (Fsp3) is 0.125. The Morgan fingerprint density at radius 1 is 1.57 bits per heavy atom. The topological polar surface area (TPSA) is 29.1 Å². The van der Waals surface area contributed by atoms with Gasteiger partial charge in [-0.25, -0.2) is 4.39 Å². The first-order valence-electron chi connectivity index (χ1n) is 3.55. The molecule has 0 unspecified atom stereocenters. The molecule has 14 heavy (non-hydrogen) atoms. The van der Waals surface area contributed by atoms with Crippen LogP contribution in [-0.4, -0.2) is 11.8 Å². The molecule has 6 heteroatoms. The average Bonchev–Trinajstić information content (AvgIpc) is 2.10. The van der Waals surface area contributed by atoms with E-state index in [0.29, 0.717) is 10.2 Å². The summed E-state index contributed by atoms with van der Waals surface area (Å²) in [7, 11) is 0. The third kappa shape index (κ3) is 2.83. The summed E-state index contributed by atoms with van der Waals surface area (Å²) in [6.07, 6.45) is 0. The number of halogens is 4. The molecule has 0 heterocycles. The Balaban J connectivity index is 3.02. The minimum absolute atomic E-state index is 0.121. The lowest BCUT2D eigenvalue weighted by molar-refractivity contribution is -0.113. The van der Waals surface area contributed by atoms with Crippen LogP contribution in [0.3, 0.4) is 0 Å². The Morgan fingerprint density at radius 2 is 2.21 bits per heavy atom. The van der Waals surface area contributed by atoms with Crippen LogP contribution in [0.4, 0.5) is 10.1 Å². The van der Waals surface area contributed by atoms with Gasteiger partial charge in [0.25, 0.3) is 0 Å². The molecule has 0 spiro atoms. The molecular formula is C8H5BrCl2FNO. The molecule has 1 aromatic rings. The van der Waals surface area contributed by atoms with Crippen molar-refractivity contribution >= 4 is 50.7 Å². The van der Waals surface area contributed by atoms with E-state index in [0.717, 1.165) is 6.07 Å². The Labute approximate surface area is 98.5 Å². The first-order valence-corrected chi connectivity index (χ1v) is 5.25. The number of hydrogen-bond acceptors (Lipinski definition) is 1. The molecule has 0 aromatic heterocycles. The minimum Gasteiger partial charge on any atom is -0.323 e. The van der Waals surface area contributed by atoms with Crippen molar-refractivity contribution in [3.63, 3.8) is 0 Å². The van der Waals surface area contributed by atoms with Gasteiger partial charge in [-0.2, -0.15) is 0 Å². The number of amides is 1. The molecule has 0 fully saturated rings. The molecule has 2 nitrogen and oxygen atoms in total. The van der Waals surface area contributed by atoms with Crippen LogP contribution < -0.4 is 5.32 Å². The molecule has 1 amide bonds. The summed E-state index contributed by atoms with van der Waals surface area (Å²) in [5, 5.41) is 2.56. The average molecular weight is 301 g/mol. The largest absolute Gasteiger partial charge is 0.323 e. The van der Waals surface area contributed by atoms with E-state index in [2.05, 4.69) is 21.2 Å². The lowest BCUT2D eigenvalue weighted by atomic mass is 10.3. The lowest BCUT2D eigenvalue weighted by Crippen LogP contribution is -2.13. The van der Waals surface area contributed by atoms with Crippen molar-refractivity contribution in [1.82, 2.24) is 0 Å². The highest BCUT2D eigenvalue weighted by Crippen LogP contribution is 2.31. The van der Waals surface area contributed by atoms with Crippen molar-refractivity contribution in [3.05, 3.63) is 27.4 Å². The first kappa shape index (κ1) is 11.8. The van der Waals surface area contributed by atoms with Crippen LogP contribution in [0.5, 0.6) is 0 Å². The van der Waals surface area contributed by atoms with Gasteiger partial charge in [-0.05, 0) is 28.1 Å². The van der Waals surface area contributed by atoms with Gasteiger partial charge in [-0.1, -0.05) is 11.6 Å². The van der Waals surface area contributed by atoms with Crippen LogP contribution in [0.15, 0.2) is 16.6 Å². The maximum absolute atomic E-state index is 12.8. The third-order valence-electron chi connectivity index (χ3n) is 1.39. The molecule has 0 aliphatic carbocycles. The van der Waals surface area contributed by atoms with Crippen molar-refractivity contribution in [2.24, 2.45) is 0 Å². The Bertz CT molecular complexity index is 349. The number of carbonyl (C=O) groups is 1. The zero-order valence-electron chi connectivity index (χ0n) is 6.78. The number of benzene rings is 1. The van der Waals surface area contributed by atoms with Gasteiger partial charge in [0.05, 0.1) is 10.7 Å². The summed E-state index contributed by atoms with van der Waals surface area (Å²) in [6.45, 7) is 0. The van der Waals surface area contributed by atoms with Crippen molar-refractivity contribution in [2.45, 2.75) is 0 Å². The highest BCUT2D eigenvalue weighted by Gasteiger charge is 2.10. The highest BCUT2D eigenvalue weighted by molar-refractivity contribution is 9.10. The van der Waals surface area contributed by atoms with Gasteiger partial charge >= 0.3 is 0 Å². The zero-order chi connectivity index (χ0) is 10.7. The maximum atomic E-state index is 12.8. The molecule has 0 aliphatic heterocycles. The van der Waals surface area contributed by atoms with E-state index in [-0.39, 0.29) is 10.9 Å². The standard InChI is InChI=1S/C8H5BrCl2FNO/c9-5-1-4(12)2-6(11)8(5)13-7(14)3-10/h1-2H,3H2,(H,13,14). The lowest BCUT2D eigenvalue weighted by Gasteiger charge is -2.07. The van der Waals surface area contributed by atoms with Crippen LogP contribution in [0.2, 0.25) is 5.02 Å². The van der Waals surface area contributed by atoms with Gasteiger partial charge in [-0.3, -0.25) is 4.79 Å². The molecule has 1 N–H and O–H groups in total. The summed E-state index contributed by atoms with van der Waals surface area (Å²) in [5.41, 5.74) is 0.318. The van der Waals surface area contributed by atoms with Gasteiger partial charge in [0.15, 0.2) is 0 Å². The van der Waals surface area contributed by atoms with Gasteiger partial charge < -0.3 is 5.32 Å². The van der Waals surface area contributed by atoms with Gasteiger partial charge in [0.2, 0.25) is 5.91 Å². The normalized spacial score (nSPS) is 10.0. The van der Waals surface area contributed by atoms with E-state index in [1.807, 2.05) is 0 Å². The van der Waals surface area contributed by atoms with Crippen molar-refractivity contribution < 1.29 is 9.18 Å². The smallest absolute Gasteiger partial charge is 0.239 e. The summed E-state index contributed by atoms with van der Waals surface area (Å²) in [6, 6.07) is 2.31. The maximum Gasteiger partial charge on any atom is 0.239 e. The van der Waals surface area contributed by atoms with Crippen molar-refractivity contribution in [1.29, 1.82) is 0 Å². The number of carbonyl (C=O) groups excluding carboxylic acids is 1. The second-order valence-corrected chi connectivity index (χ2v) is 3.96. The summed E-state index contributed by atoms with van der Waals surface area (Å²) >= 11 is 14.1. The van der Waals surface area contributed by atoms with E-state index in [1.165, 1.54) is 6.07 Å². The fourth-order valence-electron chi connectivity index (χ4n) is 0.834. The van der Waals surface area contributed by atoms with Crippen LogP contribution in [0.1, 0.15) is 0 Å². The summed E-state index contributed by atoms with van der Waals surface area (Å²) in [4.78, 5) is 11.0. The molecule has 1 rings (SSSR count). The van der Waals surface area contributed by atoms with Gasteiger partial charge in [0.1, 0.15) is 11.7 Å². The van der Waals surface area contributed by atoms with E-state index in [9.17, 15) is 9.18 Å². The number of anilines is 1. The Morgan fingerprint density at radius 3 is 2.71 bits per heavy atom. The quantitative estimate of drug-likeness (QED) is 0.833. The highest BCUT2D eigenvalue weighted by atomic mass is 79.9. The molecule has 0 aliphatic rings. The Kier molecular flexibility index (Phi) is 4.16. The first-order chi connectivity index (χ1) is 6.54. The predicted octanol–water partition coefficient (Wildman–Crippen LogP) is 3.42. The number of rotatable bonds is 2. The van der Waals surface area contributed by atoms with Crippen LogP contribution in [-0.2, 0) is 4.79 Å². The molecule has 0 bridgehead atoms. The SMILES string of the molecule is O=C(CCl)Nc1c(Cl)cc(F)cc1Br. The second-order valence-electron chi connectivity index (χ2n) is 2.43. The molecule has 0 atom stereocenters.